The fourth-order valence-corrected chi connectivity index (χ4v) is 3.13. The Morgan fingerprint density at radius 1 is 0.692 bits per heavy atom. The molecule has 39 heavy (non-hydrogen) atoms. The van der Waals surface area contributed by atoms with E-state index in [2.05, 4.69) is 10.6 Å². The van der Waals surface area contributed by atoms with Crippen molar-refractivity contribution in [3.63, 3.8) is 0 Å². The number of ether oxygens (including phenoxy) is 3. The van der Waals surface area contributed by atoms with E-state index in [1.165, 1.54) is 12.1 Å². The Morgan fingerprint density at radius 3 is 1.77 bits per heavy atom. The lowest BCUT2D eigenvalue weighted by Crippen LogP contribution is -2.21. The predicted molar refractivity (Wildman–Crippen MR) is 145 cm³/mol. The Hall–Kier alpha value is -4.21. The first kappa shape index (κ1) is 31.0. The summed E-state index contributed by atoms with van der Waals surface area (Å²) in [5.74, 6) is -2.06. The van der Waals surface area contributed by atoms with E-state index in [0.29, 0.717) is 35.7 Å². The Balaban J connectivity index is 1.64. The van der Waals surface area contributed by atoms with E-state index in [0.717, 1.165) is 12.8 Å². The summed E-state index contributed by atoms with van der Waals surface area (Å²) in [6.45, 7) is 6.10. The van der Waals surface area contributed by atoms with Crippen molar-refractivity contribution >= 4 is 41.1 Å². The lowest BCUT2D eigenvalue weighted by Gasteiger charge is -2.09. The van der Waals surface area contributed by atoms with E-state index < -0.39 is 30.4 Å². The zero-order valence-corrected chi connectivity index (χ0v) is 22.6. The minimum atomic E-state index is -0.605. The molecule has 2 amide bonds. The summed E-state index contributed by atoms with van der Waals surface area (Å²) in [6.07, 6.45) is 2.02. The van der Waals surface area contributed by atoms with Gasteiger partial charge in [0.05, 0.1) is 24.3 Å². The van der Waals surface area contributed by atoms with Crippen LogP contribution in [0.15, 0.2) is 48.5 Å². The van der Waals surface area contributed by atoms with Crippen LogP contribution in [-0.2, 0) is 28.6 Å². The van der Waals surface area contributed by atoms with Crippen molar-refractivity contribution in [3.05, 3.63) is 59.7 Å². The van der Waals surface area contributed by atoms with Crippen LogP contribution in [0, 0.1) is 5.92 Å². The summed E-state index contributed by atoms with van der Waals surface area (Å²) < 4.78 is 15.3. The van der Waals surface area contributed by atoms with Gasteiger partial charge in [-0.05, 0) is 67.3 Å². The van der Waals surface area contributed by atoms with Gasteiger partial charge in [0.15, 0.2) is 6.61 Å². The highest BCUT2D eigenvalue weighted by Gasteiger charge is 2.12. The molecule has 0 radical (unpaired) electrons. The van der Waals surface area contributed by atoms with Crippen molar-refractivity contribution in [2.24, 2.45) is 5.92 Å². The number of unbranched alkanes of at least 4 members (excludes halogenated alkanes) is 1. The van der Waals surface area contributed by atoms with Gasteiger partial charge in [0.2, 0.25) is 5.91 Å². The molecule has 210 valence electrons. The molecule has 0 saturated heterocycles. The van der Waals surface area contributed by atoms with Crippen LogP contribution < -0.4 is 10.6 Å². The molecule has 0 aliphatic rings. The molecule has 0 bridgehead atoms. The van der Waals surface area contributed by atoms with Crippen LogP contribution in [0.2, 0.25) is 0 Å². The number of hydrogen-bond acceptors (Lipinski definition) is 8. The zero-order valence-electron chi connectivity index (χ0n) is 22.6. The van der Waals surface area contributed by atoms with Gasteiger partial charge in [-0.15, -0.1) is 0 Å². The lowest BCUT2D eigenvalue weighted by atomic mass is 10.2. The highest BCUT2D eigenvalue weighted by Crippen LogP contribution is 2.13. The third-order valence-corrected chi connectivity index (χ3v) is 5.24. The number of rotatable bonds is 15. The molecule has 0 aliphatic heterocycles. The summed E-state index contributed by atoms with van der Waals surface area (Å²) in [5, 5.41) is 5.28. The Morgan fingerprint density at radius 2 is 1.23 bits per heavy atom. The Kier molecular flexibility index (Phi) is 13.2. The summed E-state index contributed by atoms with van der Waals surface area (Å²) in [5.41, 5.74) is 1.72. The van der Waals surface area contributed by atoms with E-state index in [1.54, 1.807) is 36.4 Å². The van der Waals surface area contributed by atoms with Crippen molar-refractivity contribution < 1.29 is 38.2 Å². The normalized spacial score (nSPS) is 10.5. The summed E-state index contributed by atoms with van der Waals surface area (Å²) in [6, 6.07) is 12.5. The maximum absolute atomic E-state index is 12.1. The van der Waals surface area contributed by atoms with Crippen LogP contribution in [0.1, 0.15) is 73.6 Å². The second-order valence-corrected chi connectivity index (χ2v) is 9.25. The number of nitrogens with one attached hydrogen (secondary N) is 2. The van der Waals surface area contributed by atoms with Gasteiger partial charge in [0, 0.05) is 24.2 Å². The maximum atomic E-state index is 12.1. The number of benzene rings is 2. The summed E-state index contributed by atoms with van der Waals surface area (Å²) in [4.78, 5) is 60.0. The number of carbonyl (C=O) groups excluding carboxylic acids is 5. The molecule has 2 rings (SSSR count). The van der Waals surface area contributed by atoms with E-state index in [4.69, 9.17) is 14.2 Å². The van der Waals surface area contributed by atoms with Crippen molar-refractivity contribution in [2.75, 3.05) is 30.5 Å². The van der Waals surface area contributed by atoms with Crippen LogP contribution in [0.5, 0.6) is 0 Å². The van der Waals surface area contributed by atoms with Crippen molar-refractivity contribution in [1.82, 2.24) is 0 Å². The van der Waals surface area contributed by atoms with Crippen LogP contribution in [0.3, 0.4) is 0 Å². The number of anilines is 2. The molecule has 0 spiro atoms. The van der Waals surface area contributed by atoms with E-state index in [9.17, 15) is 24.0 Å². The van der Waals surface area contributed by atoms with Gasteiger partial charge in [-0.2, -0.15) is 0 Å². The van der Waals surface area contributed by atoms with Crippen LogP contribution in [0.4, 0.5) is 11.4 Å². The smallest absolute Gasteiger partial charge is 0.338 e. The van der Waals surface area contributed by atoms with Crippen molar-refractivity contribution in [3.8, 4) is 0 Å². The van der Waals surface area contributed by atoms with Crippen LogP contribution in [0.25, 0.3) is 0 Å². The lowest BCUT2D eigenvalue weighted by molar-refractivity contribution is -0.147. The molecule has 10 nitrogen and oxygen atoms in total. The fourth-order valence-electron chi connectivity index (χ4n) is 3.13. The minimum Gasteiger partial charge on any atom is -0.462 e. The standard InChI is InChI=1S/C29H36N2O8/c1-4-5-17-37-28(35)21-9-13-23(14-10-21)30-25(32)7-6-8-27(34)38-19-26(33)31-24-15-11-22(12-16-24)29(36)39-18-20(2)3/h9-16,20H,4-8,17-19H2,1-3H3,(H,30,32)(H,31,33). The predicted octanol–water partition coefficient (Wildman–Crippen LogP) is 4.75. The second-order valence-electron chi connectivity index (χ2n) is 9.25. The molecule has 0 atom stereocenters. The fraction of sp³-hybridized carbons (Fsp3) is 0.414. The monoisotopic (exact) mass is 540 g/mol. The Labute approximate surface area is 228 Å². The molecule has 0 unspecified atom stereocenters. The van der Waals surface area contributed by atoms with Gasteiger partial charge >= 0.3 is 17.9 Å². The third kappa shape index (κ3) is 12.3. The molecule has 0 aliphatic carbocycles. The van der Waals surface area contributed by atoms with Crippen LogP contribution in [-0.4, -0.2) is 49.5 Å². The molecule has 0 aromatic heterocycles. The second kappa shape index (κ2) is 16.6. The molecule has 2 aromatic rings. The number of esters is 3. The SMILES string of the molecule is CCCCOC(=O)c1ccc(NC(=O)CCCC(=O)OCC(=O)Nc2ccc(C(=O)OCC(C)C)cc2)cc1. The quantitative estimate of drug-likeness (QED) is 0.188. The first-order valence-electron chi connectivity index (χ1n) is 13.0. The summed E-state index contributed by atoms with van der Waals surface area (Å²) in [7, 11) is 0. The Bertz CT molecular complexity index is 1110. The highest BCUT2D eigenvalue weighted by molar-refractivity contribution is 5.95. The average Bonchev–Trinajstić information content (AvgIpc) is 2.91. The van der Waals surface area contributed by atoms with Gasteiger partial charge in [0.25, 0.3) is 5.91 Å². The molecule has 2 aromatic carbocycles. The molecule has 0 heterocycles. The number of hydrogen-bond donors (Lipinski definition) is 2. The molecule has 2 N–H and O–H groups in total. The zero-order chi connectivity index (χ0) is 28.6. The third-order valence-electron chi connectivity index (χ3n) is 5.24. The van der Waals surface area contributed by atoms with E-state index >= 15 is 0 Å². The molecular formula is C29H36N2O8. The van der Waals surface area contributed by atoms with Crippen LogP contribution >= 0.6 is 0 Å². The minimum absolute atomic E-state index is 0.0313. The largest absolute Gasteiger partial charge is 0.462 e. The van der Waals surface area contributed by atoms with Gasteiger partial charge in [-0.1, -0.05) is 27.2 Å². The molecular weight excluding hydrogens is 504 g/mol. The number of carbonyl (C=O) groups is 5. The maximum Gasteiger partial charge on any atom is 0.338 e. The first-order valence-corrected chi connectivity index (χ1v) is 13.0. The molecule has 0 saturated carbocycles. The molecule has 10 heteroatoms. The van der Waals surface area contributed by atoms with E-state index in [1.807, 2.05) is 20.8 Å². The molecule has 0 fully saturated rings. The van der Waals surface area contributed by atoms with Crippen molar-refractivity contribution in [1.29, 1.82) is 0 Å². The average molecular weight is 541 g/mol. The van der Waals surface area contributed by atoms with Gasteiger partial charge < -0.3 is 24.8 Å². The topological polar surface area (TPSA) is 137 Å². The highest BCUT2D eigenvalue weighted by atomic mass is 16.5. The van der Waals surface area contributed by atoms with E-state index in [-0.39, 0.29) is 31.1 Å². The first-order chi connectivity index (χ1) is 18.7. The number of amides is 2. The van der Waals surface area contributed by atoms with Crippen molar-refractivity contribution in [2.45, 2.75) is 52.9 Å². The van der Waals surface area contributed by atoms with Gasteiger partial charge in [-0.25, -0.2) is 9.59 Å². The van der Waals surface area contributed by atoms with Gasteiger partial charge in [0.1, 0.15) is 0 Å². The summed E-state index contributed by atoms with van der Waals surface area (Å²) >= 11 is 0. The van der Waals surface area contributed by atoms with Gasteiger partial charge in [-0.3, -0.25) is 14.4 Å².